The molecule has 5 heteroatoms. The SMILES string of the molecule is CCOc1ccccc1N1CCN(CCC(=O)NC(C)c2ccccc2)CC1. The number of amides is 1. The summed E-state index contributed by atoms with van der Waals surface area (Å²) < 4.78 is 5.76. The molecule has 28 heavy (non-hydrogen) atoms. The van der Waals surface area contributed by atoms with E-state index >= 15 is 0 Å². The van der Waals surface area contributed by atoms with Crippen LogP contribution in [0.1, 0.15) is 31.9 Å². The lowest BCUT2D eigenvalue weighted by Gasteiger charge is -2.36. The molecule has 1 unspecified atom stereocenters. The first-order valence-electron chi connectivity index (χ1n) is 10.2. The Kier molecular flexibility index (Phi) is 7.31. The number of hydrogen-bond donors (Lipinski definition) is 1. The zero-order valence-electron chi connectivity index (χ0n) is 16.9. The number of benzene rings is 2. The van der Waals surface area contributed by atoms with E-state index in [-0.39, 0.29) is 11.9 Å². The maximum Gasteiger partial charge on any atom is 0.221 e. The van der Waals surface area contributed by atoms with Crippen LogP contribution >= 0.6 is 0 Å². The summed E-state index contributed by atoms with van der Waals surface area (Å²) in [7, 11) is 0. The van der Waals surface area contributed by atoms with Gasteiger partial charge in [0.2, 0.25) is 5.91 Å². The van der Waals surface area contributed by atoms with Crippen LogP contribution in [0.3, 0.4) is 0 Å². The van der Waals surface area contributed by atoms with Gasteiger partial charge in [0.15, 0.2) is 0 Å². The van der Waals surface area contributed by atoms with Crippen LogP contribution in [0.5, 0.6) is 5.75 Å². The monoisotopic (exact) mass is 381 g/mol. The van der Waals surface area contributed by atoms with Crippen LogP contribution in [0.4, 0.5) is 5.69 Å². The molecule has 3 rings (SSSR count). The van der Waals surface area contributed by atoms with E-state index < -0.39 is 0 Å². The van der Waals surface area contributed by atoms with Crippen LogP contribution < -0.4 is 15.0 Å². The summed E-state index contributed by atoms with van der Waals surface area (Å²) in [4.78, 5) is 17.0. The van der Waals surface area contributed by atoms with Gasteiger partial charge in [0.1, 0.15) is 5.75 Å². The first kappa shape index (κ1) is 20.2. The third-order valence-electron chi connectivity index (χ3n) is 5.21. The highest BCUT2D eigenvalue weighted by Crippen LogP contribution is 2.28. The largest absolute Gasteiger partial charge is 0.492 e. The summed E-state index contributed by atoms with van der Waals surface area (Å²) in [5.41, 5.74) is 2.30. The maximum absolute atomic E-state index is 12.3. The predicted molar refractivity (Wildman–Crippen MR) is 114 cm³/mol. The molecule has 0 aliphatic carbocycles. The average Bonchev–Trinajstić information content (AvgIpc) is 2.74. The number of anilines is 1. The summed E-state index contributed by atoms with van der Waals surface area (Å²) in [6.07, 6.45) is 0.534. The van der Waals surface area contributed by atoms with E-state index in [0.717, 1.165) is 44.0 Å². The highest BCUT2D eigenvalue weighted by Gasteiger charge is 2.20. The molecule has 0 spiro atoms. The number of ether oxygens (including phenoxy) is 1. The molecule has 2 aromatic rings. The highest BCUT2D eigenvalue weighted by atomic mass is 16.5. The molecule has 0 aromatic heterocycles. The molecule has 1 atom stereocenters. The summed E-state index contributed by atoms with van der Waals surface area (Å²) in [5, 5.41) is 3.10. The second kappa shape index (κ2) is 10.1. The van der Waals surface area contributed by atoms with Crippen molar-refractivity contribution in [1.82, 2.24) is 10.2 Å². The number of nitrogens with zero attached hydrogens (tertiary/aromatic N) is 2. The minimum atomic E-state index is 0.0422. The van der Waals surface area contributed by atoms with Crippen LogP contribution in [-0.4, -0.2) is 50.1 Å². The van der Waals surface area contributed by atoms with Gasteiger partial charge in [-0.2, -0.15) is 0 Å². The molecule has 2 aromatic carbocycles. The van der Waals surface area contributed by atoms with Crippen molar-refractivity contribution in [3.63, 3.8) is 0 Å². The normalized spacial score (nSPS) is 15.9. The van der Waals surface area contributed by atoms with Gasteiger partial charge in [-0.05, 0) is 31.5 Å². The van der Waals surface area contributed by atoms with Crippen LogP contribution in [-0.2, 0) is 4.79 Å². The minimum Gasteiger partial charge on any atom is -0.492 e. The van der Waals surface area contributed by atoms with Crippen LogP contribution in [0.15, 0.2) is 54.6 Å². The predicted octanol–water partition coefficient (Wildman–Crippen LogP) is 3.47. The topological polar surface area (TPSA) is 44.8 Å². The number of para-hydroxylation sites is 2. The molecule has 1 saturated heterocycles. The van der Waals surface area contributed by atoms with Gasteiger partial charge in [0, 0.05) is 39.1 Å². The van der Waals surface area contributed by atoms with E-state index in [1.165, 1.54) is 5.69 Å². The Balaban J connectivity index is 1.43. The van der Waals surface area contributed by atoms with Gasteiger partial charge in [0.25, 0.3) is 0 Å². The van der Waals surface area contributed by atoms with Gasteiger partial charge in [-0.1, -0.05) is 42.5 Å². The van der Waals surface area contributed by atoms with Crippen molar-refractivity contribution in [3.8, 4) is 5.75 Å². The van der Waals surface area contributed by atoms with E-state index in [9.17, 15) is 4.79 Å². The molecule has 0 radical (unpaired) electrons. The molecular formula is C23H31N3O2. The highest BCUT2D eigenvalue weighted by molar-refractivity contribution is 5.76. The average molecular weight is 382 g/mol. The minimum absolute atomic E-state index is 0.0422. The second-order valence-electron chi connectivity index (χ2n) is 7.18. The van der Waals surface area contributed by atoms with Gasteiger partial charge < -0.3 is 15.0 Å². The first-order chi connectivity index (χ1) is 13.7. The Labute approximate surface area is 168 Å². The second-order valence-corrected chi connectivity index (χ2v) is 7.18. The molecule has 1 fully saturated rings. The summed E-state index contributed by atoms with van der Waals surface area (Å²) in [6.45, 7) is 9.34. The van der Waals surface area contributed by atoms with Crippen LogP contribution in [0, 0.1) is 0 Å². The van der Waals surface area contributed by atoms with Crippen molar-refractivity contribution >= 4 is 11.6 Å². The third kappa shape index (κ3) is 5.49. The Morgan fingerprint density at radius 2 is 1.71 bits per heavy atom. The zero-order chi connectivity index (χ0) is 19.8. The fourth-order valence-electron chi connectivity index (χ4n) is 3.61. The summed E-state index contributed by atoms with van der Waals surface area (Å²) in [5.74, 6) is 1.06. The fourth-order valence-corrected chi connectivity index (χ4v) is 3.61. The van der Waals surface area contributed by atoms with Gasteiger partial charge in [0.05, 0.1) is 18.3 Å². The molecule has 1 N–H and O–H groups in total. The van der Waals surface area contributed by atoms with Gasteiger partial charge in [-0.25, -0.2) is 0 Å². The van der Waals surface area contributed by atoms with Gasteiger partial charge in [-0.15, -0.1) is 0 Å². The van der Waals surface area contributed by atoms with Crippen molar-refractivity contribution in [1.29, 1.82) is 0 Å². The number of carbonyl (C=O) groups is 1. The van der Waals surface area contributed by atoms with E-state index in [1.807, 2.05) is 56.3 Å². The quantitative estimate of drug-likeness (QED) is 0.760. The van der Waals surface area contributed by atoms with E-state index in [1.54, 1.807) is 0 Å². The summed E-state index contributed by atoms with van der Waals surface area (Å²) >= 11 is 0. The lowest BCUT2D eigenvalue weighted by atomic mass is 10.1. The van der Waals surface area contributed by atoms with E-state index in [4.69, 9.17) is 4.74 Å². The first-order valence-corrected chi connectivity index (χ1v) is 10.2. The molecule has 1 amide bonds. The molecule has 1 aliphatic heterocycles. The molecule has 150 valence electrons. The van der Waals surface area contributed by atoms with Crippen molar-refractivity contribution in [2.45, 2.75) is 26.3 Å². The van der Waals surface area contributed by atoms with Gasteiger partial charge in [-0.3, -0.25) is 9.69 Å². The van der Waals surface area contributed by atoms with Crippen LogP contribution in [0.2, 0.25) is 0 Å². The number of piperazine rings is 1. The van der Waals surface area contributed by atoms with Crippen molar-refractivity contribution in [2.24, 2.45) is 0 Å². The summed E-state index contributed by atoms with van der Waals surface area (Å²) in [6, 6.07) is 18.4. The Morgan fingerprint density at radius 1 is 1.04 bits per heavy atom. The van der Waals surface area contributed by atoms with Crippen molar-refractivity contribution in [3.05, 3.63) is 60.2 Å². The van der Waals surface area contributed by atoms with Crippen molar-refractivity contribution < 1.29 is 9.53 Å². The van der Waals surface area contributed by atoms with Gasteiger partial charge >= 0.3 is 0 Å². The zero-order valence-corrected chi connectivity index (χ0v) is 16.9. The van der Waals surface area contributed by atoms with Crippen molar-refractivity contribution in [2.75, 3.05) is 44.2 Å². The molecule has 1 aliphatic rings. The lowest BCUT2D eigenvalue weighted by Crippen LogP contribution is -2.47. The molecule has 5 nitrogen and oxygen atoms in total. The molecule has 0 saturated carbocycles. The molecule has 0 bridgehead atoms. The molecule has 1 heterocycles. The van der Waals surface area contributed by atoms with Crippen LogP contribution in [0.25, 0.3) is 0 Å². The number of carbonyl (C=O) groups excluding carboxylic acids is 1. The standard InChI is InChI=1S/C23H31N3O2/c1-3-28-22-12-8-7-11-21(22)26-17-15-25(16-18-26)14-13-23(27)24-19(2)20-9-5-4-6-10-20/h4-12,19H,3,13-18H2,1-2H3,(H,24,27). The third-order valence-corrected chi connectivity index (χ3v) is 5.21. The fraction of sp³-hybridized carbons (Fsp3) is 0.435. The number of hydrogen-bond acceptors (Lipinski definition) is 4. The Hall–Kier alpha value is -2.53. The lowest BCUT2D eigenvalue weighted by molar-refractivity contribution is -0.122. The van der Waals surface area contributed by atoms with E-state index in [2.05, 4.69) is 27.2 Å². The molecular weight excluding hydrogens is 350 g/mol. The maximum atomic E-state index is 12.3. The Bertz CT molecular complexity index is 743. The number of nitrogens with one attached hydrogen (secondary N) is 1. The number of rotatable bonds is 8. The van der Waals surface area contributed by atoms with E-state index in [0.29, 0.717) is 13.0 Å². The smallest absolute Gasteiger partial charge is 0.221 e. The Morgan fingerprint density at radius 3 is 2.43 bits per heavy atom.